The van der Waals surface area contributed by atoms with Crippen LogP contribution in [0.1, 0.15) is 0 Å². The predicted octanol–water partition coefficient (Wildman–Crippen LogP) is 1.19. The molecule has 0 aliphatic carbocycles. The first-order valence-electron chi connectivity index (χ1n) is 6.26. The second-order valence-corrected chi connectivity index (χ2v) is 5.55. The summed E-state index contributed by atoms with van der Waals surface area (Å²) >= 11 is 2.05. The van der Waals surface area contributed by atoms with Crippen LogP contribution in [0.5, 0.6) is 0 Å². The minimum atomic E-state index is 0.884. The molecule has 0 amide bonds. The fraction of sp³-hybridized carbons (Fsp3) is 0.500. The second-order valence-electron chi connectivity index (χ2n) is 4.33. The van der Waals surface area contributed by atoms with E-state index in [1.165, 1.54) is 24.6 Å². The summed E-state index contributed by atoms with van der Waals surface area (Å²) < 4.78 is 1.77. The van der Waals surface area contributed by atoms with Crippen molar-refractivity contribution in [2.24, 2.45) is 0 Å². The minimum Gasteiger partial charge on any atom is -0.369 e. The van der Waals surface area contributed by atoms with Crippen molar-refractivity contribution in [2.45, 2.75) is 0 Å². The molecule has 6 heteroatoms. The number of rotatable bonds is 4. The Hall–Kier alpha value is -1.27. The van der Waals surface area contributed by atoms with E-state index in [1.54, 1.807) is 10.7 Å². The lowest BCUT2D eigenvalue weighted by Crippen LogP contribution is -2.36. The molecule has 96 valence electrons. The van der Waals surface area contributed by atoms with Crippen molar-refractivity contribution in [2.75, 3.05) is 43.0 Å². The van der Waals surface area contributed by atoms with E-state index in [4.69, 9.17) is 0 Å². The predicted molar refractivity (Wildman–Crippen MR) is 75.2 cm³/mol. The summed E-state index contributed by atoms with van der Waals surface area (Å²) in [5.41, 5.74) is 0.884. The largest absolute Gasteiger partial charge is 0.369 e. The normalized spacial score (nSPS) is 17.1. The SMILES string of the molecule is c1cc2nc(NCCN3CCSCC3)ccn2n1. The molecule has 0 atom stereocenters. The van der Waals surface area contributed by atoms with Gasteiger partial charge in [0.2, 0.25) is 0 Å². The van der Waals surface area contributed by atoms with Gasteiger partial charge in [-0.25, -0.2) is 9.50 Å². The quantitative estimate of drug-likeness (QED) is 0.898. The Kier molecular flexibility index (Phi) is 3.66. The summed E-state index contributed by atoms with van der Waals surface area (Å²) in [6.07, 6.45) is 3.69. The van der Waals surface area contributed by atoms with Gasteiger partial charge >= 0.3 is 0 Å². The van der Waals surface area contributed by atoms with Gasteiger partial charge in [0, 0.05) is 49.9 Å². The van der Waals surface area contributed by atoms with Gasteiger partial charge in [0.25, 0.3) is 0 Å². The average Bonchev–Trinajstić information content (AvgIpc) is 2.87. The van der Waals surface area contributed by atoms with Crippen LogP contribution in [-0.4, -0.2) is 57.2 Å². The molecule has 1 N–H and O–H groups in total. The molecule has 1 fully saturated rings. The molecule has 0 radical (unpaired) electrons. The minimum absolute atomic E-state index is 0.884. The van der Waals surface area contributed by atoms with E-state index in [1.807, 2.05) is 30.1 Å². The van der Waals surface area contributed by atoms with E-state index in [0.29, 0.717) is 0 Å². The summed E-state index contributed by atoms with van der Waals surface area (Å²) in [6.45, 7) is 4.46. The lowest BCUT2D eigenvalue weighted by atomic mass is 10.4. The highest BCUT2D eigenvalue weighted by atomic mass is 32.2. The zero-order chi connectivity index (χ0) is 12.2. The van der Waals surface area contributed by atoms with E-state index in [2.05, 4.69) is 20.3 Å². The van der Waals surface area contributed by atoms with Crippen LogP contribution >= 0.6 is 11.8 Å². The molecular weight excluding hydrogens is 246 g/mol. The Bertz CT molecular complexity index is 506. The third-order valence-corrected chi connectivity index (χ3v) is 4.04. The third kappa shape index (κ3) is 2.76. The van der Waals surface area contributed by atoms with Crippen LogP contribution in [0.25, 0.3) is 5.65 Å². The van der Waals surface area contributed by atoms with Crippen molar-refractivity contribution in [3.05, 3.63) is 24.5 Å². The summed E-state index contributed by atoms with van der Waals surface area (Å²) in [6, 6.07) is 3.87. The van der Waals surface area contributed by atoms with E-state index in [-0.39, 0.29) is 0 Å². The van der Waals surface area contributed by atoms with E-state index < -0.39 is 0 Å². The first-order chi connectivity index (χ1) is 8.92. The maximum atomic E-state index is 4.48. The van der Waals surface area contributed by atoms with E-state index in [0.717, 1.165) is 24.6 Å². The van der Waals surface area contributed by atoms with Crippen LogP contribution in [0.3, 0.4) is 0 Å². The molecule has 0 unspecified atom stereocenters. The number of hydrogen-bond donors (Lipinski definition) is 1. The van der Waals surface area contributed by atoms with Gasteiger partial charge in [-0.2, -0.15) is 16.9 Å². The fourth-order valence-electron chi connectivity index (χ4n) is 2.08. The molecule has 1 aliphatic rings. The molecule has 1 aliphatic heterocycles. The lowest BCUT2D eigenvalue weighted by molar-refractivity contribution is 0.314. The maximum absolute atomic E-state index is 4.48. The van der Waals surface area contributed by atoms with Crippen molar-refractivity contribution < 1.29 is 0 Å². The molecule has 3 heterocycles. The summed E-state index contributed by atoms with van der Waals surface area (Å²) in [4.78, 5) is 6.99. The molecular formula is C12H17N5S. The van der Waals surface area contributed by atoms with Gasteiger partial charge in [0.15, 0.2) is 5.65 Å². The lowest BCUT2D eigenvalue weighted by Gasteiger charge is -2.26. The van der Waals surface area contributed by atoms with Crippen LogP contribution in [0.2, 0.25) is 0 Å². The number of aromatic nitrogens is 3. The highest BCUT2D eigenvalue weighted by molar-refractivity contribution is 7.99. The molecule has 2 aromatic rings. The number of nitrogens with one attached hydrogen (secondary N) is 1. The van der Waals surface area contributed by atoms with Gasteiger partial charge in [-0.3, -0.25) is 4.90 Å². The van der Waals surface area contributed by atoms with Crippen molar-refractivity contribution in [3.63, 3.8) is 0 Å². The summed E-state index contributed by atoms with van der Waals surface area (Å²) in [5.74, 6) is 3.45. The molecule has 2 aromatic heterocycles. The van der Waals surface area contributed by atoms with Gasteiger partial charge in [-0.15, -0.1) is 0 Å². The smallest absolute Gasteiger partial charge is 0.157 e. The summed E-state index contributed by atoms with van der Waals surface area (Å²) in [7, 11) is 0. The van der Waals surface area contributed by atoms with Crippen molar-refractivity contribution >= 4 is 23.2 Å². The zero-order valence-electron chi connectivity index (χ0n) is 10.2. The molecule has 3 rings (SSSR count). The Morgan fingerprint density at radius 3 is 3.06 bits per heavy atom. The third-order valence-electron chi connectivity index (χ3n) is 3.10. The van der Waals surface area contributed by atoms with Gasteiger partial charge in [-0.1, -0.05) is 0 Å². The zero-order valence-corrected chi connectivity index (χ0v) is 11.1. The van der Waals surface area contributed by atoms with Crippen LogP contribution in [0.4, 0.5) is 5.82 Å². The molecule has 5 nitrogen and oxygen atoms in total. The fourth-order valence-corrected chi connectivity index (χ4v) is 3.06. The van der Waals surface area contributed by atoms with Gasteiger partial charge in [0.05, 0.1) is 6.20 Å². The van der Waals surface area contributed by atoms with E-state index in [9.17, 15) is 0 Å². The van der Waals surface area contributed by atoms with Crippen molar-refractivity contribution in [3.8, 4) is 0 Å². The number of fused-ring (bicyclic) bond motifs is 1. The molecule has 0 bridgehead atoms. The van der Waals surface area contributed by atoms with Crippen LogP contribution in [0.15, 0.2) is 24.5 Å². The first kappa shape index (κ1) is 11.8. The van der Waals surface area contributed by atoms with Crippen LogP contribution in [0, 0.1) is 0 Å². The van der Waals surface area contributed by atoms with Gasteiger partial charge < -0.3 is 5.32 Å². The Morgan fingerprint density at radius 2 is 2.17 bits per heavy atom. The molecule has 0 spiro atoms. The molecule has 0 aromatic carbocycles. The molecule has 0 saturated carbocycles. The summed E-state index contributed by atoms with van der Waals surface area (Å²) in [5, 5.41) is 7.50. The second kappa shape index (κ2) is 5.58. The van der Waals surface area contributed by atoms with Crippen molar-refractivity contribution in [1.82, 2.24) is 19.5 Å². The highest BCUT2D eigenvalue weighted by Gasteiger charge is 2.09. The van der Waals surface area contributed by atoms with E-state index >= 15 is 0 Å². The van der Waals surface area contributed by atoms with Crippen LogP contribution < -0.4 is 5.32 Å². The number of anilines is 1. The van der Waals surface area contributed by atoms with Crippen molar-refractivity contribution in [1.29, 1.82) is 0 Å². The Balaban J connectivity index is 1.52. The molecule has 1 saturated heterocycles. The van der Waals surface area contributed by atoms with Gasteiger partial charge in [-0.05, 0) is 6.07 Å². The Morgan fingerprint density at radius 1 is 1.28 bits per heavy atom. The maximum Gasteiger partial charge on any atom is 0.157 e. The van der Waals surface area contributed by atoms with Gasteiger partial charge in [0.1, 0.15) is 5.82 Å². The number of nitrogens with zero attached hydrogens (tertiary/aromatic N) is 4. The monoisotopic (exact) mass is 263 g/mol. The number of hydrogen-bond acceptors (Lipinski definition) is 5. The molecule has 18 heavy (non-hydrogen) atoms. The number of thioether (sulfide) groups is 1. The first-order valence-corrected chi connectivity index (χ1v) is 7.42. The highest BCUT2D eigenvalue weighted by Crippen LogP contribution is 2.09. The average molecular weight is 263 g/mol. The Labute approximate surface area is 111 Å². The topological polar surface area (TPSA) is 45.5 Å². The standard InChI is InChI=1S/C12H17N5S/c1-3-14-17-5-2-11(15-12(1)17)13-4-6-16-7-9-18-10-8-16/h1-3,5H,4,6-10H2,(H,13,15). The van der Waals surface area contributed by atoms with Crippen LogP contribution in [-0.2, 0) is 0 Å².